The van der Waals surface area contributed by atoms with Gasteiger partial charge < -0.3 is 5.32 Å². The SMILES string of the molecule is Cc1ccsc1C(=O)NC(CBr)c1ccccc1. The van der Waals surface area contributed by atoms with Gasteiger partial charge in [0.25, 0.3) is 5.91 Å². The fourth-order valence-electron chi connectivity index (χ4n) is 1.73. The monoisotopic (exact) mass is 323 g/mol. The fraction of sp³-hybridized carbons (Fsp3) is 0.214. The van der Waals surface area contributed by atoms with E-state index in [0.29, 0.717) is 5.33 Å². The Kier molecular flexibility index (Phi) is 4.55. The van der Waals surface area contributed by atoms with E-state index in [-0.39, 0.29) is 11.9 Å². The average molecular weight is 324 g/mol. The minimum atomic E-state index is -0.00389. The van der Waals surface area contributed by atoms with Crippen LogP contribution in [0, 0.1) is 6.92 Å². The molecule has 2 nitrogen and oxygen atoms in total. The molecule has 0 bridgehead atoms. The van der Waals surface area contributed by atoms with Crippen LogP contribution in [0.3, 0.4) is 0 Å². The Hall–Kier alpha value is -1.13. The lowest BCUT2D eigenvalue weighted by Crippen LogP contribution is -2.29. The third kappa shape index (κ3) is 3.00. The summed E-state index contributed by atoms with van der Waals surface area (Å²) in [6.45, 7) is 1.96. The molecule has 0 saturated heterocycles. The zero-order valence-corrected chi connectivity index (χ0v) is 12.4. The zero-order valence-electron chi connectivity index (χ0n) is 10.0. The van der Waals surface area contributed by atoms with Crippen LogP contribution in [-0.2, 0) is 0 Å². The molecule has 1 amide bonds. The summed E-state index contributed by atoms with van der Waals surface area (Å²) in [6.07, 6.45) is 0. The van der Waals surface area contributed by atoms with Gasteiger partial charge in [0.1, 0.15) is 0 Å². The first-order valence-electron chi connectivity index (χ1n) is 5.68. The summed E-state index contributed by atoms with van der Waals surface area (Å²) >= 11 is 4.93. The standard InChI is InChI=1S/C14H14BrNOS/c1-10-7-8-18-13(10)14(17)16-12(9-15)11-5-3-2-4-6-11/h2-8,12H,9H2,1H3,(H,16,17). The van der Waals surface area contributed by atoms with Crippen LogP contribution < -0.4 is 5.32 Å². The highest BCUT2D eigenvalue weighted by molar-refractivity contribution is 9.09. The summed E-state index contributed by atoms with van der Waals surface area (Å²) in [4.78, 5) is 12.9. The number of alkyl halides is 1. The normalized spacial score (nSPS) is 12.1. The molecule has 1 unspecified atom stereocenters. The van der Waals surface area contributed by atoms with Gasteiger partial charge in [-0.2, -0.15) is 0 Å². The maximum Gasteiger partial charge on any atom is 0.262 e. The number of carbonyl (C=O) groups is 1. The van der Waals surface area contributed by atoms with Gasteiger partial charge in [0.05, 0.1) is 10.9 Å². The van der Waals surface area contributed by atoms with Crippen LogP contribution in [0.15, 0.2) is 41.8 Å². The second kappa shape index (κ2) is 6.16. The zero-order chi connectivity index (χ0) is 13.0. The van der Waals surface area contributed by atoms with Crippen LogP contribution >= 0.6 is 27.3 Å². The molecule has 2 rings (SSSR count). The first-order valence-corrected chi connectivity index (χ1v) is 7.68. The van der Waals surface area contributed by atoms with E-state index in [0.717, 1.165) is 16.0 Å². The van der Waals surface area contributed by atoms with Crippen molar-refractivity contribution < 1.29 is 4.79 Å². The third-order valence-corrected chi connectivity index (χ3v) is 4.39. The maximum absolute atomic E-state index is 12.1. The van der Waals surface area contributed by atoms with Gasteiger partial charge in [-0.25, -0.2) is 0 Å². The number of rotatable bonds is 4. The van der Waals surface area contributed by atoms with Crippen molar-refractivity contribution in [2.24, 2.45) is 0 Å². The lowest BCUT2D eigenvalue weighted by Gasteiger charge is -2.16. The van der Waals surface area contributed by atoms with Gasteiger partial charge in [-0.1, -0.05) is 46.3 Å². The van der Waals surface area contributed by atoms with E-state index in [1.54, 1.807) is 0 Å². The number of benzene rings is 1. The number of amides is 1. The molecule has 4 heteroatoms. The summed E-state index contributed by atoms with van der Waals surface area (Å²) in [5.41, 5.74) is 2.14. The van der Waals surface area contributed by atoms with Crippen LogP contribution in [0.4, 0.5) is 0 Å². The average Bonchev–Trinajstić information content (AvgIpc) is 2.83. The molecule has 0 aliphatic rings. The summed E-state index contributed by atoms with van der Waals surface area (Å²) in [6, 6.07) is 11.9. The van der Waals surface area contributed by atoms with Crippen LogP contribution in [0.2, 0.25) is 0 Å². The van der Waals surface area contributed by atoms with E-state index < -0.39 is 0 Å². The Labute approximate surface area is 119 Å². The number of thiophene rings is 1. The summed E-state index contributed by atoms with van der Waals surface area (Å²) in [5, 5.41) is 5.69. The molecule has 1 heterocycles. The van der Waals surface area contributed by atoms with Crippen molar-refractivity contribution >= 4 is 33.2 Å². The number of nitrogens with one attached hydrogen (secondary N) is 1. The Bertz CT molecular complexity index is 524. The molecule has 2 aromatic rings. The summed E-state index contributed by atoms with van der Waals surface area (Å²) < 4.78 is 0. The van der Waals surface area contributed by atoms with Gasteiger partial charge in [0.15, 0.2) is 0 Å². The highest BCUT2D eigenvalue weighted by Crippen LogP contribution is 2.19. The molecule has 1 atom stereocenters. The number of carbonyl (C=O) groups excluding carboxylic acids is 1. The Morgan fingerprint density at radius 2 is 2.06 bits per heavy atom. The van der Waals surface area contributed by atoms with Crippen molar-refractivity contribution in [2.45, 2.75) is 13.0 Å². The van der Waals surface area contributed by atoms with Crippen molar-refractivity contribution in [3.63, 3.8) is 0 Å². The molecule has 0 aliphatic carbocycles. The number of halogens is 1. The Morgan fingerprint density at radius 3 is 2.61 bits per heavy atom. The second-order valence-corrected chi connectivity index (χ2v) is 5.59. The van der Waals surface area contributed by atoms with Crippen LogP contribution in [0.5, 0.6) is 0 Å². The predicted molar refractivity (Wildman–Crippen MR) is 79.5 cm³/mol. The molecule has 1 aromatic heterocycles. The molecule has 0 fully saturated rings. The van der Waals surface area contributed by atoms with E-state index in [2.05, 4.69) is 21.2 Å². The third-order valence-electron chi connectivity index (χ3n) is 2.73. The highest BCUT2D eigenvalue weighted by Gasteiger charge is 2.16. The van der Waals surface area contributed by atoms with Crippen LogP contribution in [-0.4, -0.2) is 11.2 Å². The summed E-state index contributed by atoms with van der Waals surface area (Å²) in [5.74, 6) is -0.00389. The topological polar surface area (TPSA) is 29.1 Å². The van der Waals surface area contributed by atoms with Crippen LogP contribution in [0.25, 0.3) is 0 Å². The lowest BCUT2D eigenvalue weighted by atomic mass is 10.1. The van der Waals surface area contributed by atoms with Gasteiger partial charge in [-0.15, -0.1) is 11.3 Å². The lowest BCUT2D eigenvalue weighted by molar-refractivity contribution is 0.0944. The minimum Gasteiger partial charge on any atom is -0.344 e. The molecule has 0 spiro atoms. The van der Waals surface area contributed by atoms with E-state index in [4.69, 9.17) is 0 Å². The van der Waals surface area contributed by atoms with Gasteiger partial charge in [0.2, 0.25) is 0 Å². The Morgan fingerprint density at radius 1 is 1.33 bits per heavy atom. The second-order valence-electron chi connectivity index (χ2n) is 4.02. The highest BCUT2D eigenvalue weighted by atomic mass is 79.9. The quantitative estimate of drug-likeness (QED) is 0.849. The molecule has 18 heavy (non-hydrogen) atoms. The smallest absolute Gasteiger partial charge is 0.262 e. The van der Waals surface area contributed by atoms with E-state index >= 15 is 0 Å². The van der Waals surface area contributed by atoms with Crippen LogP contribution in [0.1, 0.15) is 26.8 Å². The molecule has 94 valence electrons. The number of hydrogen-bond donors (Lipinski definition) is 1. The van der Waals surface area contributed by atoms with Gasteiger partial charge >= 0.3 is 0 Å². The molecule has 0 aliphatic heterocycles. The molecule has 1 N–H and O–H groups in total. The van der Waals surface area contributed by atoms with Gasteiger partial charge in [0, 0.05) is 5.33 Å². The first kappa shape index (κ1) is 13.3. The van der Waals surface area contributed by atoms with Gasteiger partial charge in [-0.3, -0.25) is 4.79 Å². The van der Waals surface area contributed by atoms with Crippen molar-refractivity contribution in [2.75, 3.05) is 5.33 Å². The molecule has 1 aromatic carbocycles. The maximum atomic E-state index is 12.1. The molecule has 0 saturated carbocycles. The number of hydrogen-bond acceptors (Lipinski definition) is 2. The molecular weight excluding hydrogens is 310 g/mol. The van der Waals surface area contributed by atoms with E-state index in [1.807, 2.05) is 48.7 Å². The van der Waals surface area contributed by atoms with E-state index in [1.165, 1.54) is 11.3 Å². The van der Waals surface area contributed by atoms with Gasteiger partial charge in [-0.05, 0) is 29.5 Å². The largest absolute Gasteiger partial charge is 0.344 e. The number of aryl methyl sites for hydroxylation is 1. The predicted octanol–water partition coefficient (Wildman–Crippen LogP) is 3.92. The van der Waals surface area contributed by atoms with Crippen molar-refractivity contribution in [3.05, 3.63) is 57.8 Å². The van der Waals surface area contributed by atoms with Crippen molar-refractivity contribution in [1.29, 1.82) is 0 Å². The summed E-state index contributed by atoms with van der Waals surface area (Å²) in [7, 11) is 0. The minimum absolute atomic E-state index is 0.000185. The van der Waals surface area contributed by atoms with Crippen molar-refractivity contribution in [1.82, 2.24) is 5.32 Å². The molecular formula is C14H14BrNOS. The molecule has 0 radical (unpaired) electrons. The first-order chi connectivity index (χ1) is 8.72. The fourth-order valence-corrected chi connectivity index (χ4v) is 3.09. The van der Waals surface area contributed by atoms with E-state index in [9.17, 15) is 4.79 Å². The van der Waals surface area contributed by atoms with Crippen molar-refractivity contribution in [3.8, 4) is 0 Å². The Balaban J connectivity index is 2.13.